The quantitative estimate of drug-likeness (QED) is 0.708. The number of pyridine rings is 1. The average molecular weight is 263 g/mol. The summed E-state index contributed by atoms with van der Waals surface area (Å²) >= 11 is 0. The van der Waals surface area contributed by atoms with Crippen LogP contribution in [0.15, 0.2) is 24.5 Å². The molecule has 19 heavy (non-hydrogen) atoms. The fourth-order valence-electron chi connectivity index (χ4n) is 1.92. The highest BCUT2D eigenvalue weighted by Crippen LogP contribution is 2.10. The number of nitrogens with one attached hydrogen (secondary N) is 2. The fraction of sp³-hybridized carbons (Fsp3) is 0.600. The van der Waals surface area contributed by atoms with E-state index in [9.17, 15) is 4.79 Å². The lowest BCUT2D eigenvalue weighted by Crippen LogP contribution is -2.43. The Bertz CT molecular complexity index is 367. The maximum Gasteiger partial charge on any atom is 0.236 e. The van der Waals surface area contributed by atoms with Crippen LogP contribution in [0.5, 0.6) is 0 Å². The number of aromatic nitrogens is 1. The largest absolute Gasteiger partial charge is 0.355 e. The van der Waals surface area contributed by atoms with Gasteiger partial charge < -0.3 is 5.32 Å². The molecule has 0 bridgehead atoms. The van der Waals surface area contributed by atoms with Crippen molar-refractivity contribution in [1.29, 1.82) is 0 Å². The van der Waals surface area contributed by atoms with Crippen molar-refractivity contribution in [3.63, 3.8) is 0 Å². The molecule has 0 spiro atoms. The molecule has 0 radical (unpaired) electrons. The van der Waals surface area contributed by atoms with E-state index >= 15 is 0 Å². The molecule has 1 aromatic heterocycles. The molecule has 1 amide bonds. The van der Waals surface area contributed by atoms with Crippen LogP contribution in [0.2, 0.25) is 0 Å². The number of hydrogen-bond donors (Lipinski definition) is 2. The van der Waals surface area contributed by atoms with E-state index in [-0.39, 0.29) is 18.0 Å². The fourth-order valence-corrected chi connectivity index (χ4v) is 1.92. The van der Waals surface area contributed by atoms with Crippen LogP contribution in [0.1, 0.15) is 51.6 Å². The Morgan fingerprint density at radius 2 is 2.16 bits per heavy atom. The lowest BCUT2D eigenvalue weighted by atomic mass is 10.1. The Morgan fingerprint density at radius 3 is 2.79 bits per heavy atom. The van der Waals surface area contributed by atoms with Gasteiger partial charge in [0.2, 0.25) is 5.91 Å². The number of amides is 1. The Balaban J connectivity index is 2.33. The Morgan fingerprint density at radius 1 is 1.37 bits per heavy atom. The molecule has 1 aromatic rings. The first-order valence-electron chi connectivity index (χ1n) is 7.08. The van der Waals surface area contributed by atoms with E-state index in [4.69, 9.17) is 0 Å². The molecular formula is C15H25N3O. The van der Waals surface area contributed by atoms with Gasteiger partial charge in [0.15, 0.2) is 0 Å². The summed E-state index contributed by atoms with van der Waals surface area (Å²) in [4.78, 5) is 16.0. The smallest absolute Gasteiger partial charge is 0.236 e. The Hall–Kier alpha value is -1.42. The van der Waals surface area contributed by atoms with Crippen molar-refractivity contribution in [1.82, 2.24) is 15.6 Å². The van der Waals surface area contributed by atoms with Crippen molar-refractivity contribution in [2.24, 2.45) is 0 Å². The lowest BCUT2D eigenvalue weighted by molar-refractivity contribution is -0.122. The van der Waals surface area contributed by atoms with Crippen LogP contribution in [0, 0.1) is 0 Å². The van der Waals surface area contributed by atoms with Gasteiger partial charge in [-0.15, -0.1) is 0 Å². The van der Waals surface area contributed by atoms with Crippen molar-refractivity contribution < 1.29 is 4.79 Å². The molecule has 1 heterocycles. The first-order chi connectivity index (χ1) is 9.15. The minimum absolute atomic E-state index is 0.0619. The maximum atomic E-state index is 11.9. The molecule has 0 aromatic carbocycles. The summed E-state index contributed by atoms with van der Waals surface area (Å²) in [7, 11) is 0. The molecule has 0 saturated carbocycles. The number of hydrogen-bond acceptors (Lipinski definition) is 3. The van der Waals surface area contributed by atoms with Gasteiger partial charge in [0.1, 0.15) is 0 Å². The third kappa shape index (κ3) is 5.83. The zero-order valence-electron chi connectivity index (χ0n) is 12.1. The predicted octanol–water partition coefficient (Wildman–Crippen LogP) is 2.43. The monoisotopic (exact) mass is 263 g/mol. The van der Waals surface area contributed by atoms with Crippen molar-refractivity contribution in [3.05, 3.63) is 30.1 Å². The predicted molar refractivity (Wildman–Crippen MR) is 77.8 cm³/mol. The summed E-state index contributed by atoms with van der Waals surface area (Å²) in [5.74, 6) is 0.0619. The average Bonchev–Trinajstić information content (AvgIpc) is 2.44. The summed E-state index contributed by atoms with van der Waals surface area (Å²) < 4.78 is 0. The zero-order valence-corrected chi connectivity index (χ0v) is 12.1. The third-order valence-electron chi connectivity index (χ3n) is 3.16. The van der Waals surface area contributed by atoms with Gasteiger partial charge in [-0.25, -0.2) is 0 Å². The summed E-state index contributed by atoms with van der Waals surface area (Å²) in [5.41, 5.74) is 1.09. The van der Waals surface area contributed by atoms with Crippen LogP contribution >= 0.6 is 0 Å². The van der Waals surface area contributed by atoms with E-state index < -0.39 is 0 Å². The van der Waals surface area contributed by atoms with Gasteiger partial charge in [0.25, 0.3) is 0 Å². The van der Waals surface area contributed by atoms with Crippen molar-refractivity contribution in [3.8, 4) is 0 Å². The van der Waals surface area contributed by atoms with E-state index in [1.165, 1.54) is 6.42 Å². The minimum atomic E-state index is -0.197. The van der Waals surface area contributed by atoms with E-state index in [0.29, 0.717) is 0 Å². The van der Waals surface area contributed by atoms with Crippen LogP contribution < -0.4 is 10.6 Å². The molecule has 4 nitrogen and oxygen atoms in total. The van der Waals surface area contributed by atoms with Crippen LogP contribution in [-0.4, -0.2) is 23.5 Å². The topological polar surface area (TPSA) is 54.0 Å². The number of rotatable bonds is 8. The third-order valence-corrected chi connectivity index (χ3v) is 3.16. The molecule has 2 atom stereocenters. The molecule has 4 heteroatoms. The van der Waals surface area contributed by atoms with Crippen molar-refractivity contribution in [2.75, 3.05) is 6.54 Å². The van der Waals surface area contributed by atoms with Crippen LogP contribution in [0.4, 0.5) is 0 Å². The van der Waals surface area contributed by atoms with E-state index in [1.54, 1.807) is 6.20 Å². The number of nitrogens with zero attached hydrogens (tertiary/aromatic N) is 1. The van der Waals surface area contributed by atoms with Crippen molar-refractivity contribution >= 4 is 5.91 Å². The number of unbranched alkanes of at least 4 members (excludes halogenated alkanes) is 2. The minimum Gasteiger partial charge on any atom is -0.355 e. The molecule has 0 aliphatic heterocycles. The van der Waals surface area contributed by atoms with Gasteiger partial charge in [0.05, 0.1) is 6.04 Å². The Labute approximate surface area is 116 Å². The van der Waals surface area contributed by atoms with Gasteiger partial charge in [-0.2, -0.15) is 0 Å². The standard InChI is InChI=1S/C15H25N3O/c1-4-5-6-10-17-15(19)13(3)18-12(2)14-8-7-9-16-11-14/h7-9,11-13,18H,4-6,10H2,1-3H3,(H,17,19)/t12-,13?/m0/s1. The Kier molecular flexibility index (Phi) is 7.11. The highest BCUT2D eigenvalue weighted by Gasteiger charge is 2.15. The normalized spacial score (nSPS) is 13.8. The SMILES string of the molecule is CCCCCNC(=O)C(C)N[C@@H](C)c1cccnc1. The van der Waals surface area contributed by atoms with Gasteiger partial charge in [-0.3, -0.25) is 15.1 Å². The van der Waals surface area contributed by atoms with Crippen LogP contribution in [0.25, 0.3) is 0 Å². The number of carbonyl (C=O) groups excluding carboxylic acids is 1. The van der Waals surface area contributed by atoms with Gasteiger partial charge in [-0.05, 0) is 31.9 Å². The molecule has 0 fully saturated rings. The second kappa shape index (κ2) is 8.64. The maximum absolute atomic E-state index is 11.9. The highest BCUT2D eigenvalue weighted by atomic mass is 16.2. The van der Waals surface area contributed by atoms with Gasteiger partial charge >= 0.3 is 0 Å². The van der Waals surface area contributed by atoms with E-state index in [0.717, 1.165) is 24.9 Å². The summed E-state index contributed by atoms with van der Waals surface area (Å²) in [5, 5.41) is 6.24. The molecule has 0 aliphatic rings. The van der Waals surface area contributed by atoms with Crippen molar-refractivity contribution in [2.45, 2.75) is 52.1 Å². The lowest BCUT2D eigenvalue weighted by Gasteiger charge is -2.19. The summed E-state index contributed by atoms with van der Waals surface area (Å²) in [6.07, 6.45) is 6.95. The number of carbonyl (C=O) groups is 1. The molecule has 2 N–H and O–H groups in total. The molecule has 106 valence electrons. The highest BCUT2D eigenvalue weighted by molar-refractivity contribution is 5.81. The molecular weight excluding hydrogens is 238 g/mol. The van der Waals surface area contributed by atoms with Crippen LogP contribution in [0.3, 0.4) is 0 Å². The first-order valence-corrected chi connectivity index (χ1v) is 7.08. The summed E-state index contributed by atoms with van der Waals surface area (Å²) in [6.45, 7) is 6.85. The molecule has 1 rings (SSSR count). The second-order valence-electron chi connectivity index (χ2n) is 4.89. The first kappa shape index (κ1) is 15.6. The van der Waals surface area contributed by atoms with Gasteiger partial charge in [-0.1, -0.05) is 25.8 Å². The molecule has 0 saturated heterocycles. The van der Waals surface area contributed by atoms with Crippen LogP contribution in [-0.2, 0) is 4.79 Å². The summed E-state index contributed by atoms with van der Waals surface area (Å²) in [6, 6.07) is 3.83. The van der Waals surface area contributed by atoms with E-state index in [1.807, 2.05) is 32.2 Å². The molecule has 1 unspecified atom stereocenters. The molecule has 0 aliphatic carbocycles. The second-order valence-corrected chi connectivity index (χ2v) is 4.89. The van der Waals surface area contributed by atoms with Gasteiger partial charge in [0, 0.05) is 25.0 Å². The van der Waals surface area contributed by atoms with E-state index in [2.05, 4.69) is 22.5 Å². The zero-order chi connectivity index (χ0) is 14.1.